The van der Waals surface area contributed by atoms with Gasteiger partial charge in [0.05, 0.1) is 10.6 Å². The van der Waals surface area contributed by atoms with E-state index in [-0.39, 0.29) is 0 Å². The van der Waals surface area contributed by atoms with Gasteiger partial charge in [0.2, 0.25) is 0 Å². The van der Waals surface area contributed by atoms with Gasteiger partial charge in [0.15, 0.2) is 0 Å². The molecule has 0 heterocycles. The van der Waals surface area contributed by atoms with E-state index >= 15 is 0 Å². The largest absolute Gasteiger partial charge is 0.398 e. The standard InChI is InChI=1S/C16H20N2O2S/c1-4-18(14-9-8-13(3)16(17)11-14)21(19,20)15-7-5-6-12(2)10-15/h5-11H,4,17H2,1-3H3. The van der Waals surface area contributed by atoms with Gasteiger partial charge in [0, 0.05) is 12.2 Å². The number of rotatable bonds is 4. The van der Waals surface area contributed by atoms with Crippen LogP contribution < -0.4 is 10.0 Å². The van der Waals surface area contributed by atoms with Gasteiger partial charge < -0.3 is 5.73 Å². The molecule has 0 atom stereocenters. The van der Waals surface area contributed by atoms with Gasteiger partial charge in [-0.3, -0.25) is 4.31 Å². The Bertz CT molecular complexity index is 755. The molecule has 21 heavy (non-hydrogen) atoms. The van der Waals surface area contributed by atoms with E-state index in [0.29, 0.717) is 22.8 Å². The molecule has 112 valence electrons. The van der Waals surface area contributed by atoms with Crippen molar-refractivity contribution in [2.45, 2.75) is 25.7 Å². The second-order valence-corrected chi connectivity index (χ2v) is 6.89. The Labute approximate surface area is 126 Å². The molecule has 4 nitrogen and oxygen atoms in total. The Morgan fingerprint density at radius 1 is 1.10 bits per heavy atom. The summed E-state index contributed by atoms with van der Waals surface area (Å²) in [5.41, 5.74) is 8.92. The molecule has 5 heteroatoms. The Hall–Kier alpha value is -2.01. The number of benzene rings is 2. The summed E-state index contributed by atoms with van der Waals surface area (Å²) in [6, 6.07) is 12.2. The summed E-state index contributed by atoms with van der Waals surface area (Å²) in [6.45, 7) is 5.92. The fourth-order valence-electron chi connectivity index (χ4n) is 2.18. The second kappa shape index (κ2) is 5.77. The predicted molar refractivity (Wildman–Crippen MR) is 87.0 cm³/mol. The van der Waals surface area contributed by atoms with Crippen LogP contribution in [-0.4, -0.2) is 15.0 Å². The molecule has 0 radical (unpaired) electrons. The van der Waals surface area contributed by atoms with Crippen molar-refractivity contribution in [1.29, 1.82) is 0 Å². The van der Waals surface area contributed by atoms with E-state index < -0.39 is 10.0 Å². The van der Waals surface area contributed by atoms with Crippen LogP contribution in [0.15, 0.2) is 47.4 Å². The molecular weight excluding hydrogens is 284 g/mol. The van der Waals surface area contributed by atoms with Gasteiger partial charge in [-0.1, -0.05) is 18.2 Å². The van der Waals surface area contributed by atoms with E-state index in [9.17, 15) is 8.42 Å². The zero-order valence-electron chi connectivity index (χ0n) is 12.5. The number of anilines is 2. The highest BCUT2D eigenvalue weighted by Crippen LogP contribution is 2.26. The predicted octanol–water partition coefficient (Wildman–Crippen LogP) is 3.10. The van der Waals surface area contributed by atoms with E-state index in [1.54, 1.807) is 30.3 Å². The number of sulfonamides is 1. The Balaban J connectivity index is 2.51. The molecule has 2 aromatic carbocycles. The van der Waals surface area contributed by atoms with Crippen molar-refractivity contribution in [2.75, 3.05) is 16.6 Å². The fourth-order valence-corrected chi connectivity index (χ4v) is 3.75. The number of aryl methyl sites for hydroxylation is 2. The molecule has 0 aliphatic carbocycles. The number of hydrogen-bond acceptors (Lipinski definition) is 3. The summed E-state index contributed by atoms with van der Waals surface area (Å²) in [4.78, 5) is 0.295. The molecule has 0 unspecified atom stereocenters. The van der Waals surface area contributed by atoms with Gasteiger partial charge >= 0.3 is 0 Å². The molecule has 2 rings (SSSR count). The van der Waals surface area contributed by atoms with Crippen LogP contribution in [0, 0.1) is 13.8 Å². The van der Waals surface area contributed by atoms with E-state index in [4.69, 9.17) is 5.73 Å². The third-order valence-electron chi connectivity index (χ3n) is 3.42. The van der Waals surface area contributed by atoms with E-state index in [1.165, 1.54) is 4.31 Å². The van der Waals surface area contributed by atoms with Crippen LogP contribution in [0.2, 0.25) is 0 Å². The summed E-state index contributed by atoms with van der Waals surface area (Å²) in [5.74, 6) is 0. The maximum Gasteiger partial charge on any atom is 0.264 e. The molecule has 0 aromatic heterocycles. The number of nitrogens with zero attached hydrogens (tertiary/aromatic N) is 1. The quantitative estimate of drug-likeness (QED) is 0.883. The summed E-state index contributed by atoms with van der Waals surface area (Å²) >= 11 is 0. The van der Waals surface area contributed by atoms with Crippen molar-refractivity contribution in [1.82, 2.24) is 0 Å². The topological polar surface area (TPSA) is 63.4 Å². The lowest BCUT2D eigenvalue weighted by Gasteiger charge is -2.23. The average molecular weight is 304 g/mol. The number of hydrogen-bond donors (Lipinski definition) is 1. The van der Waals surface area contributed by atoms with Crippen LogP contribution >= 0.6 is 0 Å². The molecule has 0 amide bonds. The molecule has 0 aliphatic rings. The molecule has 2 N–H and O–H groups in total. The molecule has 0 spiro atoms. The van der Waals surface area contributed by atoms with Crippen LogP contribution in [0.25, 0.3) is 0 Å². The average Bonchev–Trinajstić information content (AvgIpc) is 2.43. The zero-order chi connectivity index (χ0) is 15.6. The van der Waals surface area contributed by atoms with Crippen LogP contribution in [-0.2, 0) is 10.0 Å². The third-order valence-corrected chi connectivity index (χ3v) is 5.31. The maximum atomic E-state index is 12.8. The van der Waals surface area contributed by atoms with Gasteiger partial charge in [-0.05, 0) is 56.2 Å². The van der Waals surface area contributed by atoms with Gasteiger partial charge in [-0.15, -0.1) is 0 Å². The third kappa shape index (κ3) is 3.03. The van der Waals surface area contributed by atoms with Gasteiger partial charge in [0.25, 0.3) is 10.0 Å². The first-order chi connectivity index (χ1) is 9.86. The van der Waals surface area contributed by atoms with E-state index in [2.05, 4.69) is 0 Å². The van der Waals surface area contributed by atoms with Crippen LogP contribution in [0.5, 0.6) is 0 Å². The Kier molecular flexibility index (Phi) is 4.23. The first-order valence-corrected chi connectivity index (χ1v) is 8.26. The molecule has 0 saturated heterocycles. The van der Waals surface area contributed by atoms with E-state index in [0.717, 1.165) is 11.1 Å². The van der Waals surface area contributed by atoms with E-state index in [1.807, 2.05) is 32.9 Å². The number of nitrogens with two attached hydrogens (primary N) is 1. The molecule has 0 saturated carbocycles. The van der Waals surface area contributed by atoms with Crippen molar-refractivity contribution in [3.8, 4) is 0 Å². The minimum atomic E-state index is -3.58. The highest BCUT2D eigenvalue weighted by molar-refractivity contribution is 7.92. The monoisotopic (exact) mass is 304 g/mol. The van der Waals surface area contributed by atoms with Crippen molar-refractivity contribution >= 4 is 21.4 Å². The lowest BCUT2D eigenvalue weighted by Crippen LogP contribution is -2.30. The highest BCUT2D eigenvalue weighted by Gasteiger charge is 2.23. The fraction of sp³-hybridized carbons (Fsp3) is 0.250. The lowest BCUT2D eigenvalue weighted by molar-refractivity contribution is 0.592. The van der Waals surface area contributed by atoms with Crippen LogP contribution in [0.1, 0.15) is 18.1 Å². The minimum Gasteiger partial charge on any atom is -0.398 e. The van der Waals surface area contributed by atoms with Crippen molar-refractivity contribution in [3.63, 3.8) is 0 Å². The molecular formula is C16H20N2O2S. The maximum absolute atomic E-state index is 12.8. The first-order valence-electron chi connectivity index (χ1n) is 6.82. The first kappa shape index (κ1) is 15.4. The van der Waals surface area contributed by atoms with Gasteiger partial charge in [0.1, 0.15) is 0 Å². The van der Waals surface area contributed by atoms with Crippen LogP contribution in [0.3, 0.4) is 0 Å². The SMILES string of the molecule is CCN(c1ccc(C)c(N)c1)S(=O)(=O)c1cccc(C)c1. The van der Waals surface area contributed by atoms with Crippen molar-refractivity contribution in [3.05, 3.63) is 53.6 Å². The second-order valence-electron chi connectivity index (χ2n) is 5.03. The zero-order valence-corrected chi connectivity index (χ0v) is 13.3. The summed E-state index contributed by atoms with van der Waals surface area (Å²) in [6.07, 6.45) is 0. The molecule has 0 aliphatic heterocycles. The van der Waals surface area contributed by atoms with Gasteiger partial charge in [-0.2, -0.15) is 0 Å². The van der Waals surface area contributed by atoms with Crippen molar-refractivity contribution < 1.29 is 8.42 Å². The minimum absolute atomic E-state index is 0.295. The van der Waals surface area contributed by atoms with Crippen molar-refractivity contribution in [2.24, 2.45) is 0 Å². The molecule has 0 fully saturated rings. The summed E-state index contributed by atoms with van der Waals surface area (Å²) in [7, 11) is -3.58. The smallest absolute Gasteiger partial charge is 0.264 e. The summed E-state index contributed by atoms with van der Waals surface area (Å²) in [5, 5.41) is 0. The number of nitrogen functional groups attached to an aromatic ring is 1. The highest BCUT2D eigenvalue weighted by atomic mass is 32.2. The molecule has 0 bridgehead atoms. The Morgan fingerprint density at radius 3 is 2.38 bits per heavy atom. The summed E-state index contributed by atoms with van der Waals surface area (Å²) < 4.78 is 27.0. The molecule has 2 aromatic rings. The lowest BCUT2D eigenvalue weighted by atomic mass is 10.2. The van der Waals surface area contributed by atoms with Crippen LogP contribution in [0.4, 0.5) is 11.4 Å². The Morgan fingerprint density at radius 2 is 1.81 bits per heavy atom. The normalized spacial score (nSPS) is 11.4. The van der Waals surface area contributed by atoms with Gasteiger partial charge in [-0.25, -0.2) is 8.42 Å².